The maximum atomic E-state index is 12.5. The molecule has 2 aromatic carbocycles. The lowest BCUT2D eigenvalue weighted by atomic mass is 10.1. The average Bonchev–Trinajstić information content (AvgIpc) is 2.73. The fourth-order valence-electron chi connectivity index (χ4n) is 2.67. The Balaban J connectivity index is 1.64. The lowest BCUT2D eigenvalue weighted by Gasteiger charge is -2.11. The van der Waals surface area contributed by atoms with Gasteiger partial charge < -0.3 is 15.4 Å². The number of carbonyl (C=O) groups is 2. The lowest BCUT2D eigenvalue weighted by Crippen LogP contribution is -2.23. The molecule has 0 saturated carbocycles. The number of pyridine rings is 1. The number of hydrogen-bond acceptors (Lipinski definition) is 4. The number of nitrogens with zero attached hydrogens (tertiary/aromatic N) is 1. The second-order valence-electron chi connectivity index (χ2n) is 6.28. The highest BCUT2D eigenvalue weighted by atomic mass is 16.5. The van der Waals surface area contributed by atoms with Gasteiger partial charge in [0.25, 0.3) is 11.8 Å². The molecule has 3 aromatic rings. The van der Waals surface area contributed by atoms with Gasteiger partial charge in [0, 0.05) is 30.1 Å². The van der Waals surface area contributed by atoms with Gasteiger partial charge in [-0.25, -0.2) is 0 Å². The zero-order valence-corrected chi connectivity index (χ0v) is 15.7. The van der Waals surface area contributed by atoms with Crippen LogP contribution < -0.4 is 15.4 Å². The largest absolute Gasteiger partial charge is 0.495 e. The van der Waals surface area contributed by atoms with Crippen LogP contribution in [0.1, 0.15) is 31.8 Å². The first-order valence-electron chi connectivity index (χ1n) is 8.80. The van der Waals surface area contributed by atoms with E-state index in [9.17, 15) is 9.59 Å². The molecule has 2 N–H and O–H groups in total. The Hall–Kier alpha value is -3.67. The van der Waals surface area contributed by atoms with Gasteiger partial charge in [0.15, 0.2) is 0 Å². The Morgan fingerprint density at radius 2 is 1.71 bits per heavy atom. The summed E-state index contributed by atoms with van der Waals surface area (Å²) in [7, 11) is 1.55. The molecule has 1 aromatic heterocycles. The summed E-state index contributed by atoms with van der Waals surface area (Å²) in [6, 6.07) is 15.8. The van der Waals surface area contributed by atoms with E-state index in [2.05, 4.69) is 15.6 Å². The van der Waals surface area contributed by atoms with Gasteiger partial charge in [-0.15, -0.1) is 0 Å². The highest BCUT2D eigenvalue weighted by Crippen LogP contribution is 2.25. The summed E-state index contributed by atoms with van der Waals surface area (Å²) in [5, 5.41) is 5.67. The summed E-state index contributed by atoms with van der Waals surface area (Å²) < 4.78 is 5.28. The normalized spacial score (nSPS) is 10.2. The minimum absolute atomic E-state index is 0.212. The van der Waals surface area contributed by atoms with Crippen LogP contribution in [0.15, 0.2) is 67.0 Å². The van der Waals surface area contributed by atoms with Crippen LogP contribution in [0.25, 0.3) is 0 Å². The molecule has 0 fully saturated rings. The van der Waals surface area contributed by atoms with E-state index in [1.807, 2.05) is 31.2 Å². The van der Waals surface area contributed by atoms with E-state index in [1.165, 1.54) is 0 Å². The molecule has 0 aliphatic rings. The number of aryl methyl sites for hydroxylation is 1. The summed E-state index contributed by atoms with van der Waals surface area (Å²) in [6.45, 7) is 2.33. The van der Waals surface area contributed by atoms with Crippen molar-refractivity contribution in [1.29, 1.82) is 0 Å². The molecule has 1 heterocycles. The minimum atomic E-state index is -0.272. The number of methoxy groups -OCH3 is 1. The molecule has 0 saturated heterocycles. The SMILES string of the molecule is COc1ccc(C)cc1NC(=O)c1ccc(C(=O)NCc2cccnc2)cc1. The van der Waals surface area contributed by atoms with E-state index in [4.69, 9.17) is 4.74 Å². The molecule has 0 radical (unpaired) electrons. The van der Waals surface area contributed by atoms with Crippen molar-refractivity contribution in [2.75, 3.05) is 12.4 Å². The third-order valence-electron chi connectivity index (χ3n) is 4.19. The van der Waals surface area contributed by atoms with E-state index < -0.39 is 0 Å². The monoisotopic (exact) mass is 375 g/mol. The first-order chi connectivity index (χ1) is 13.6. The van der Waals surface area contributed by atoms with Crippen LogP contribution in [-0.4, -0.2) is 23.9 Å². The third-order valence-corrected chi connectivity index (χ3v) is 4.19. The zero-order valence-electron chi connectivity index (χ0n) is 15.7. The van der Waals surface area contributed by atoms with Gasteiger partial charge in [-0.3, -0.25) is 14.6 Å². The molecule has 2 amide bonds. The van der Waals surface area contributed by atoms with Gasteiger partial charge in [-0.05, 0) is 60.5 Å². The Labute approximate surface area is 163 Å². The molecule has 0 bridgehead atoms. The van der Waals surface area contributed by atoms with Crippen LogP contribution >= 0.6 is 0 Å². The molecule has 0 spiro atoms. The summed E-state index contributed by atoms with van der Waals surface area (Å²) in [5.41, 5.74) is 3.46. The maximum absolute atomic E-state index is 12.5. The number of rotatable bonds is 6. The zero-order chi connectivity index (χ0) is 19.9. The van der Waals surface area contributed by atoms with Gasteiger partial charge >= 0.3 is 0 Å². The number of nitrogens with one attached hydrogen (secondary N) is 2. The highest BCUT2D eigenvalue weighted by molar-refractivity contribution is 6.05. The molecular weight excluding hydrogens is 354 g/mol. The standard InChI is InChI=1S/C22H21N3O3/c1-15-5-10-20(28-2)19(12-15)25-22(27)18-8-6-17(7-9-18)21(26)24-14-16-4-3-11-23-13-16/h3-13H,14H2,1-2H3,(H,24,26)(H,25,27). The summed E-state index contributed by atoms with van der Waals surface area (Å²) in [4.78, 5) is 28.8. The van der Waals surface area contributed by atoms with Crippen molar-refractivity contribution in [2.45, 2.75) is 13.5 Å². The fraction of sp³-hybridized carbons (Fsp3) is 0.136. The molecular formula is C22H21N3O3. The molecule has 3 rings (SSSR count). The molecule has 6 heteroatoms. The van der Waals surface area contributed by atoms with Crippen LogP contribution in [-0.2, 0) is 6.54 Å². The second kappa shape index (κ2) is 8.81. The van der Waals surface area contributed by atoms with Gasteiger partial charge in [0.05, 0.1) is 12.8 Å². The van der Waals surface area contributed by atoms with Gasteiger partial charge in [-0.2, -0.15) is 0 Å². The molecule has 0 atom stereocenters. The molecule has 142 valence electrons. The Morgan fingerprint density at radius 3 is 2.36 bits per heavy atom. The molecule has 0 unspecified atom stereocenters. The van der Waals surface area contributed by atoms with Crippen molar-refractivity contribution in [3.63, 3.8) is 0 Å². The highest BCUT2D eigenvalue weighted by Gasteiger charge is 2.12. The summed E-state index contributed by atoms with van der Waals surface area (Å²) in [5.74, 6) is 0.104. The van der Waals surface area contributed by atoms with Gasteiger partial charge in [-0.1, -0.05) is 12.1 Å². The topological polar surface area (TPSA) is 80.3 Å². The molecule has 6 nitrogen and oxygen atoms in total. The first-order valence-corrected chi connectivity index (χ1v) is 8.80. The minimum Gasteiger partial charge on any atom is -0.495 e. The van der Waals surface area contributed by atoms with E-state index in [0.29, 0.717) is 29.1 Å². The number of benzene rings is 2. The fourth-order valence-corrected chi connectivity index (χ4v) is 2.67. The quantitative estimate of drug-likeness (QED) is 0.690. The lowest BCUT2D eigenvalue weighted by molar-refractivity contribution is 0.0949. The Bertz CT molecular complexity index is 970. The van der Waals surface area contributed by atoms with Crippen molar-refractivity contribution >= 4 is 17.5 Å². The number of anilines is 1. The molecule has 28 heavy (non-hydrogen) atoms. The van der Waals surface area contributed by atoms with Crippen LogP contribution in [0.3, 0.4) is 0 Å². The Kier molecular flexibility index (Phi) is 6.01. The van der Waals surface area contributed by atoms with Crippen molar-refractivity contribution in [3.05, 3.63) is 89.2 Å². The van der Waals surface area contributed by atoms with Gasteiger partial charge in [0.1, 0.15) is 5.75 Å². The van der Waals surface area contributed by atoms with E-state index in [1.54, 1.807) is 49.8 Å². The van der Waals surface area contributed by atoms with Crippen LogP contribution in [0.2, 0.25) is 0 Å². The molecule has 0 aliphatic carbocycles. The number of hydrogen-bond donors (Lipinski definition) is 2. The van der Waals surface area contributed by atoms with E-state index in [0.717, 1.165) is 11.1 Å². The van der Waals surface area contributed by atoms with Crippen molar-refractivity contribution in [3.8, 4) is 5.75 Å². The average molecular weight is 375 g/mol. The second-order valence-corrected chi connectivity index (χ2v) is 6.28. The van der Waals surface area contributed by atoms with Gasteiger partial charge in [0.2, 0.25) is 0 Å². The first kappa shape index (κ1) is 19.1. The number of aromatic nitrogens is 1. The predicted molar refractivity (Wildman–Crippen MR) is 108 cm³/mol. The van der Waals surface area contributed by atoms with Crippen molar-refractivity contribution in [1.82, 2.24) is 10.3 Å². The maximum Gasteiger partial charge on any atom is 0.255 e. The number of carbonyl (C=O) groups excluding carboxylic acids is 2. The van der Waals surface area contributed by atoms with Crippen LogP contribution in [0, 0.1) is 6.92 Å². The number of ether oxygens (including phenoxy) is 1. The summed E-state index contributed by atoms with van der Waals surface area (Å²) in [6.07, 6.45) is 3.38. The smallest absolute Gasteiger partial charge is 0.255 e. The van der Waals surface area contributed by atoms with Crippen LogP contribution in [0.4, 0.5) is 5.69 Å². The Morgan fingerprint density at radius 1 is 1.00 bits per heavy atom. The summed E-state index contributed by atoms with van der Waals surface area (Å²) >= 11 is 0. The predicted octanol–water partition coefficient (Wildman–Crippen LogP) is 3.58. The van der Waals surface area contributed by atoms with E-state index in [-0.39, 0.29) is 11.8 Å². The van der Waals surface area contributed by atoms with Crippen molar-refractivity contribution < 1.29 is 14.3 Å². The number of amides is 2. The molecule has 0 aliphatic heterocycles. The van der Waals surface area contributed by atoms with E-state index >= 15 is 0 Å². The van der Waals surface area contributed by atoms with Crippen LogP contribution in [0.5, 0.6) is 5.75 Å². The van der Waals surface area contributed by atoms with Crippen molar-refractivity contribution in [2.24, 2.45) is 0 Å². The third kappa shape index (κ3) is 4.73.